The van der Waals surface area contributed by atoms with Gasteiger partial charge in [-0.15, -0.1) is 0 Å². The highest BCUT2D eigenvalue weighted by atomic mass is 32.2. The number of hydrogen-bond acceptors (Lipinski definition) is 6. The molecule has 1 aromatic heterocycles. The molecule has 1 saturated heterocycles. The van der Waals surface area contributed by atoms with Gasteiger partial charge in [-0.3, -0.25) is 19.1 Å². The number of amides is 1. The Labute approximate surface area is 237 Å². The van der Waals surface area contributed by atoms with E-state index in [1.54, 1.807) is 34.6 Å². The second kappa shape index (κ2) is 12.9. The lowest BCUT2D eigenvalue weighted by Gasteiger charge is -2.20. The number of hydrogen-bond donors (Lipinski definition) is 1. The number of pyridine rings is 1. The van der Waals surface area contributed by atoms with Gasteiger partial charge in [0, 0.05) is 25.2 Å². The molecule has 1 fully saturated rings. The van der Waals surface area contributed by atoms with Crippen molar-refractivity contribution in [1.82, 2.24) is 9.47 Å². The fourth-order valence-corrected chi connectivity index (χ4v) is 5.67. The molecule has 2 aromatic carbocycles. The fraction of sp³-hybridized carbons (Fsp3) is 0.267. The third-order valence-corrected chi connectivity index (χ3v) is 7.98. The van der Waals surface area contributed by atoms with Crippen LogP contribution in [0.5, 0.6) is 0 Å². The van der Waals surface area contributed by atoms with Crippen LogP contribution < -0.4 is 10.9 Å². The minimum Gasteiger partial charge on any atom is -0.367 e. The first-order chi connectivity index (χ1) is 18.8. The van der Waals surface area contributed by atoms with E-state index in [9.17, 15) is 19.2 Å². The standard InChI is InChI=1S/C30H29FN4O2S2/c1-3-4-15-34-27(33-19-22-10-12-23(31)13-11-22)24(20(2)25(18-32)28(34)36)17-26-29(37)35(30(38)39-26)16-14-21-8-6-5-7-9-21/h5-13,17,33H,3-4,14-16,19H2,1-2H3/b26-17+. The van der Waals surface area contributed by atoms with Crippen molar-refractivity contribution in [2.75, 3.05) is 11.9 Å². The maximum atomic E-state index is 13.4. The molecule has 0 spiro atoms. The molecule has 6 nitrogen and oxygen atoms in total. The molecule has 0 bridgehead atoms. The van der Waals surface area contributed by atoms with Gasteiger partial charge >= 0.3 is 0 Å². The Morgan fingerprint density at radius 1 is 1.08 bits per heavy atom. The number of benzene rings is 2. The molecule has 0 saturated carbocycles. The van der Waals surface area contributed by atoms with Gasteiger partial charge in [-0.25, -0.2) is 4.39 Å². The maximum Gasteiger partial charge on any atom is 0.270 e. The number of thioether (sulfide) groups is 1. The summed E-state index contributed by atoms with van der Waals surface area (Å²) in [6.07, 6.45) is 3.99. The van der Waals surface area contributed by atoms with Crippen molar-refractivity contribution in [1.29, 1.82) is 5.26 Å². The van der Waals surface area contributed by atoms with Crippen molar-refractivity contribution in [3.63, 3.8) is 0 Å². The number of nitriles is 1. The van der Waals surface area contributed by atoms with E-state index in [0.717, 1.165) is 24.0 Å². The van der Waals surface area contributed by atoms with Crippen LogP contribution in [-0.4, -0.2) is 26.2 Å². The van der Waals surface area contributed by atoms with Crippen LogP contribution >= 0.6 is 24.0 Å². The number of carbonyl (C=O) groups is 1. The number of anilines is 1. The molecule has 9 heteroatoms. The van der Waals surface area contributed by atoms with Crippen LogP contribution in [-0.2, 0) is 24.3 Å². The molecule has 2 heterocycles. The number of thiocarbonyl (C=S) groups is 1. The molecule has 39 heavy (non-hydrogen) atoms. The highest BCUT2D eigenvalue weighted by Crippen LogP contribution is 2.35. The minimum absolute atomic E-state index is 0.0456. The summed E-state index contributed by atoms with van der Waals surface area (Å²) in [5.41, 5.74) is 2.69. The zero-order valence-corrected chi connectivity index (χ0v) is 23.5. The van der Waals surface area contributed by atoms with E-state index in [1.165, 1.54) is 23.9 Å². The summed E-state index contributed by atoms with van der Waals surface area (Å²) < 4.78 is 15.5. The van der Waals surface area contributed by atoms with Crippen molar-refractivity contribution in [2.24, 2.45) is 0 Å². The van der Waals surface area contributed by atoms with Crippen LogP contribution in [0.4, 0.5) is 10.2 Å². The first-order valence-electron chi connectivity index (χ1n) is 12.8. The van der Waals surface area contributed by atoms with Crippen molar-refractivity contribution in [2.45, 2.75) is 46.2 Å². The smallest absolute Gasteiger partial charge is 0.270 e. The monoisotopic (exact) mass is 560 g/mol. The quantitative estimate of drug-likeness (QED) is 0.241. The molecule has 200 valence electrons. The number of carbonyl (C=O) groups excluding carboxylic acids is 1. The van der Waals surface area contributed by atoms with E-state index in [1.807, 2.05) is 37.3 Å². The Kier molecular flexibility index (Phi) is 9.33. The Balaban J connectivity index is 1.73. The average Bonchev–Trinajstić information content (AvgIpc) is 3.20. The van der Waals surface area contributed by atoms with E-state index >= 15 is 0 Å². The Hall–Kier alpha value is -3.74. The summed E-state index contributed by atoms with van der Waals surface area (Å²) >= 11 is 6.76. The lowest BCUT2D eigenvalue weighted by molar-refractivity contribution is -0.122. The predicted octanol–water partition coefficient (Wildman–Crippen LogP) is 6.02. The van der Waals surface area contributed by atoms with Crippen LogP contribution in [0.3, 0.4) is 0 Å². The zero-order valence-electron chi connectivity index (χ0n) is 21.9. The number of halogens is 1. The molecule has 4 rings (SSSR count). The van der Waals surface area contributed by atoms with Gasteiger partial charge in [0.25, 0.3) is 11.5 Å². The lowest BCUT2D eigenvalue weighted by atomic mass is 10.0. The number of aromatic nitrogens is 1. The molecule has 3 aromatic rings. The van der Waals surface area contributed by atoms with E-state index in [2.05, 4.69) is 11.4 Å². The summed E-state index contributed by atoms with van der Waals surface area (Å²) in [7, 11) is 0. The number of rotatable bonds is 10. The number of nitrogens with zero attached hydrogens (tertiary/aromatic N) is 3. The Morgan fingerprint density at radius 3 is 2.46 bits per heavy atom. The van der Waals surface area contributed by atoms with E-state index in [4.69, 9.17) is 12.2 Å². The molecule has 1 aliphatic rings. The maximum absolute atomic E-state index is 13.4. The van der Waals surface area contributed by atoms with Gasteiger partial charge in [0.15, 0.2) is 0 Å². The largest absolute Gasteiger partial charge is 0.367 e. The molecule has 0 unspecified atom stereocenters. The lowest BCUT2D eigenvalue weighted by Crippen LogP contribution is -2.30. The van der Waals surface area contributed by atoms with Crippen LogP contribution in [0.25, 0.3) is 6.08 Å². The summed E-state index contributed by atoms with van der Waals surface area (Å²) in [5, 5.41) is 13.2. The third kappa shape index (κ3) is 6.47. The normalized spacial score (nSPS) is 14.2. The molecular formula is C30H29FN4O2S2. The van der Waals surface area contributed by atoms with Crippen molar-refractivity contribution >= 4 is 46.1 Å². The molecule has 0 atom stereocenters. The number of nitrogens with one attached hydrogen (secondary N) is 1. The van der Waals surface area contributed by atoms with Gasteiger partial charge in [0.05, 0.1) is 4.91 Å². The topological polar surface area (TPSA) is 78.1 Å². The summed E-state index contributed by atoms with van der Waals surface area (Å²) in [6.45, 7) is 4.94. The van der Waals surface area contributed by atoms with Gasteiger partial charge in [-0.1, -0.05) is 79.8 Å². The second-order valence-electron chi connectivity index (χ2n) is 9.23. The average molecular weight is 561 g/mol. The molecule has 0 aliphatic carbocycles. The fourth-order valence-electron chi connectivity index (χ4n) is 4.38. The van der Waals surface area contributed by atoms with Crippen molar-refractivity contribution in [3.8, 4) is 6.07 Å². The van der Waals surface area contributed by atoms with Gasteiger partial charge in [-0.05, 0) is 54.7 Å². The van der Waals surface area contributed by atoms with Crippen LogP contribution in [0.2, 0.25) is 0 Å². The SMILES string of the molecule is CCCCn1c(NCc2ccc(F)cc2)c(/C=C2/SC(=S)N(CCc3ccccc3)C2=O)c(C)c(C#N)c1=O. The van der Waals surface area contributed by atoms with Gasteiger partial charge in [0.1, 0.15) is 27.6 Å². The summed E-state index contributed by atoms with van der Waals surface area (Å²) in [6, 6.07) is 18.1. The second-order valence-corrected chi connectivity index (χ2v) is 10.9. The van der Waals surface area contributed by atoms with E-state index < -0.39 is 0 Å². The van der Waals surface area contributed by atoms with Gasteiger partial charge in [-0.2, -0.15) is 5.26 Å². The highest BCUT2D eigenvalue weighted by molar-refractivity contribution is 8.26. The van der Waals surface area contributed by atoms with E-state index in [0.29, 0.717) is 52.2 Å². The number of unbranched alkanes of at least 4 members (excludes halogenated alkanes) is 1. The van der Waals surface area contributed by atoms with Gasteiger partial charge in [0.2, 0.25) is 0 Å². The summed E-state index contributed by atoms with van der Waals surface area (Å²) in [5.74, 6) is -0.0127. The first kappa shape index (κ1) is 28.3. The van der Waals surface area contributed by atoms with Gasteiger partial charge < -0.3 is 5.32 Å². The van der Waals surface area contributed by atoms with E-state index in [-0.39, 0.29) is 22.8 Å². The first-order valence-corrected chi connectivity index (χ1v) is 14.0. The minimum atomic E-state index is -0.377. The van der Waals surface area contributed by atoms with Crippen LogP contribution in [0, 0.1) is 24.1 Å². The van der Waals surface area contributed by atoms with Crippen molar-refractivity contribution in [3.05, 3.63) is 103 Å². The zero-order chi connectivity index (χ0) is 27.9. The molecule has 0 radical (unpaired) electrons. The highest BCUT2D eigenvalue weighted by Gasteiger charge is 2.32. The van der Waals surface area contributed by atoms with Crippen LogP contribution in [0.1, 0.15) is 47.6 Å². The Morgan fingerprint density at radius 2 is 1.79 bits per heavy atom. The van der Waals surface area contributed by atoms with Crippen LogP contribution in [0.15, 0.2) is 64.3 Å². The van der Waals surface area contributed by atoms with Crippen molar-refractivity contribution < 1.29 is 9.18 Å². The summed E-state index contributed by atoms with van der Waals surface area (Å²) in [4.78, 5) is 28.8. The molecule has 1 aliphatic heterocycles. The molecule has 1 N–H and O–H groups in total. The molecular weight excluding hydrogens is 531 g/mol. The third-order valence-electron chi connectivity index (χ3n) is 6.60. The molecule has 1 amide bonds. The predicted molar refractivity (Wildman–Crippen MR) is 159 cm³/mol. The Bertz CT molecular complexity index is 1510.